The van der Waals surface area contributed by atoms with Crippen molar-refractivity contribution in [3.63, 3.8) is 0 Å². The molecule has 4 atom stereocenters. The monoisotopic (exact) mass is 1480 g/mol. The first-order valence-electron chi connectivity index (χ1n) is 34.7. The molecule has 107 heavy (non-hydrogen) atoms. The summed E-state index contributed by atoms with van der Waals surface area (Å²) in [6.45, 7) is 25.0. The van der Waals surface area contributed by atoms with Gasteiger partial charge in [0.1, 0.15) is 71.2 Å². The quantitative estimate of drug-likeness (QED) is 0.0136. The van der Waals surface area contributed by atoms with Crippen LogP contribution in [-0.4, -0.2) is 135 Å². The molecule has 0 bridgehead atoms. The fourth-order valence-corrected chi connectivity index (χ4v) is 10.7. The number of aldehydes is 1. The summed E-state index contributed by atoms with van der Waals surface area (Å²) in [7, 11) is 4.70. The number of methoxy groups -OCH3 is 4. The van der Waals surface area contributed by atoms with Crippen LogP contribution in [0.15, 0.2) is 176 Å². The Hall–Kier alpha value is -11.4. The smallest absolute Gasteiger partial charge is 0.408 e. The van der Waals surface area contributed by atoms with Crippen molar-refractivity contribution in [3.8, 4) is 17.2 Å². The number of benzene rings is 6. The van der Waals surface area contributed by atoms with Crippen molar-refractivity contribution in [1.29, 1.82) is 0 Å². The lowest BCUT2D eigenvalue weighted by atomic mass is 9.80. The Balaban J connectivity index is 0.000000313. The van der Waals surface area contributed by atoms with Crippen LogP contribution in [-0.2, 0) is 86.5 Å². The second kappa shape index (κ2) is 41.9. The van der Waals surface area contributed by atoms with E-state index in [1.165, 1.54) is 20.3 Å². The molecule has 2 fully saturated rings. The minimum Gasteiger partial charge on any atom is -0.489 e. The molecule has 8 rings (SSSR count). The fraction of sp³-hybridized carbons (Fsp3) is 0.407. The zero-order valence-electron chi connectivity index (χ0n) is 63.9. The number of allylic oxidation sites excluding steroid dienone is 1. The predicted octanol–water partition coefficient (Wildman–Crippen LogP) is 12.9. The molecule has 578 valence electrons. The van der Waals surface area contributed by atoms with E-state index in [0.29, 0.717) is 62.1 Å². The number of anilines is 3. The maximum atomic E-state index is 13.8. The van der Waals surface area contributed by atoms with Crippen molar-refractivity contribution in [2.45, 2.75) is 168 Å². The van der Waals surface area contributed by atoms with E-state index in [4.69, 9.17) is 43.6 Å². The van der Waals surface area contributed by atoms with E-state index in [1.54, 1.807) is 121 Å². The molecule has 0 radical (unpaired) electrons. The van der Waals surface area contributed by atoms with Gasteiger partial charge in [-0.2, -0.15) is 0 Å². The molecule has 6 aromatic carbocycles. The molecule has 2 heterocycles. The lowest BCUT2D eigenvalue weighted by molar-refractivity contribution is -0.155. The van der Waals surface area contributed by atoms with Gasteiger partial charge in [-0.1, -0.05) is 111 Å². The number of alkyl carbamates (subject to hydrolysis) is 3. The molecule has 6 aromatic rings. The molecular weight excluding hydrogens is 1380 g/mol. The van der Waals surface area contributed by atoms with Gasteiger partial charge in [0.2, 0.25) is 0 Å². The Morgan fingerprint density at radius 3 is 1.29 bits per heavy atom. The number of amides is 5. The number of nitrogens with one attached hydrogen (secondary N) is 3. The molecule has 2 aliphatic rings. The highest BCUT2D eigenvalue weighted by atomic mass is 16.6. The first-order valence-corrected chi connectivity index (χ1v) is 34.7. The summed E-state index contributed by atoms with van der Waals surface area (Å²) in [6, 6.07) is 51.4. The number of carbonyl (C=O) groups excluding carboxylic acids is 10. The van der Waals surface area contributed by atoms with Crippen LogP contribution in [0, 0.1) is 5.92 Å². The van der Waals surface area contributed by atoms with E-state index in [0.717, 1.165) is 42.3 Å². The number of carbonyl (C=O) groups is 10. The van der Waals surface area contributed by atoms with E-state index in [-0.39, 0.29) is 25.7 Å². The van der Waals surface area contributed by atoms with Crippen LogP contribution in [0.25, 0.3) is 0 Å². The highest BCUT2D eigenvalue weighted by Gasteiger charge is 2.57. The number of hydrogen-bond acceptors (Lipinski definition) is 21. The molecular formula is C81H104N6O20. The number of nitrogens with zero attached hydrogens (tertiary/aromatic N) is 2. The third kappa shape index (κ3) is 28.5. The lowest BCUT2D eigenvalue weighted by Crippen LogP contribution is -2.61. The number of rotatable bonds is 25. The van der Waals surface area contributed by atoms with Crippen molar-refractivity contribution < 1.29 is 95.3 Å². The maximum absolute atomic E-state index is 13.8. The van der Waals surface area contributed by atoms with Crippen molar-refractivity contribution in [1.82, 2.24) is 16.0 Å². The van der Waals surface area contributed by atoms with E-state index in [2.05, 4.69) is 32.0 Å². The molecule has 5 amide bonds. The maximum Gasteiger partial charge on any atom is 0.408 e. The standard InChI is InChI=1S/C28H34N2O6.C25H30N2O6.C13H21NO7.C13H13NO.C2H6/c1-6-10-23(24(31)34-5)28(29-26(33)36-27(2,3)4)17-18-30(25(28)32)21-13-15-22(16-14-21)35-19-20-11-8-7-9-12-20;1-24(2,3)33-23(30)26-25(16-21(28)31-4)14-15-27(22(25)29)19-10-12-20(13-11-19)32-17-18-8-6-5-7-9-18;1-12(2,3)21-11(18)14-13(6-7-15,10(17)20-5)8-9(16)19-4;14-12-6-8-13(9-7-12)15-10-11-4-2-1-3-5-11;1-2/h6-9,11-16,23H,1,10,17-19H2,2-5H3,(H,29,33);5-13H,14-17H2,1-4H3,(H,26,30);7H,6,8H2,1-5H3,(H,14,18);1-9H,10,14H2;1-2H3/t23?,28-;;;;/m1..../s1. The lowest BCUT2D eigenvalue weighted by Gasteiger charge is -2.35. The summed E-state index contributed by atoms with van der Waals surface area (Å²) in [5, 5.41) is 7.59. The Labute approximate surface area is 627 Å². The fourth-order valence-electron chi connectivity index (χ4n) is 10.7. The van der Waals surface area contributed by atoms with Crippen LogP contribution in [0.5, 0.6) is 17.2 Å². The van der Waals surface area contributed by atoms with Gasteiger partial charge in [-0.15, -0.1) is 6.58 Å². The number of hydrogen-bond donors (Lipinski definition) is 4. The molecule has 0 spiro atoms. The Morgan fingerprint density at radius 1 is 0.514 bits per heavy atom. The van der Waals surface area contributed by atoms with Gasteiger partial charge in [0.05, 0.1) is 47.2 Å². The van der Waals surface area contributed by atoms with Crippen LogP contribution in [0.2, 0.25) is 0 Å². The van der Waals surface area contributed by atoms with Gasteiger partial charge in [-0.3, -0.25) is 24.0 Å². The topological polar surface area (TPSA) is 332 Å². The largest absolute Gasteiger partial charge is 0.489 e. The normalized spacial score (nSPS) is 15.8. The summed E-state index contributed by atoms with van der Waals surface area (Å²) in [5.41, 5.74) is 3.71. The van der Waals surface area contributed by atoms with Gasteiger partial charge in [0.15, 0.2) is 5.54 Å². The molecule has 2 aliphatic heterocycles. The molecule has 5 N–H and O–H groups in total. The molecule has 0 saturated carbocycles. The second-order valence-electron chi connectivity index (χ2n) is 27.3. The van der Waals surface area contributed by atoms with Gasteiger partial charge >= 0.3 is 42.2 Å². The average Bonchev–Trinajstić information content (AvgIpc) is 1.61. The van der Waals surface area contributed by atoms with Gasteiger partial charge in [0.25, 0.3) is 11.8 Å². The Kier molecular flexibility index (Phi) is 34.4. The van der Waals surface area contributed by atoms with Crippen molar-refractivity contribution in [3.05, 3.63) is 193 Å². The number of nitrogens with two attached hydrogens (primary N) is 1. The summed E-state index contributed by atoms with van der Waals surface area (Å²) in [4.78, 5) is 126. The van der Waals surface area contributed by atoms with Crippen LogP contribution in [0.3, 0.4) is 0 Å². The molecule has 3 unspecified atom stereocenters. The second-order valence-corrected chi connectivity index (χ2v) is 27.3. The summed E-state index contributed by atoms with van der Waals surface area (Å²) in [5.74, 6) is -2.51. The van der Waals surface area contributed by atoms with Crippen LogP contribution in [0.1, 0.15) is 131 Å². The van der Waals surface area contributed by atoms with Gasteiger partial charge in [-0.25, -0.2) is 19.2 Å². The molecule has 26 nitrogen and oxygen atoms in total. The zero-order valence-corrected chi connectivity index (χ0v) is 63.9. The molecule has 0 aromatic heterocycles. The van der Waals surface area contributed by atoms with E-state index < -0.39 is 106 Å². The zero-order chi connectivity index (χ0) is 79.6. The SMILES string of the molecule is C=CCC(C(=O)OC)[C@]1(NC(=O)OC(C)(C)C)CCN(c2ccc(OCc3ccccc3)cc2)C1=O.CC.COC(=O)CC(CC=O)(NC(=O)OC(C)(C)C)C(=O)OC.COC(=O)CC1(NC(=O)OC(C)(C)C)CCN(c2ccc(OCc3ccccc3)cc2)C1=O.Nc1ccc(OCc2ccccc2)cc1. The Bertz CT molecular complexity index is 3840. The van der Waals surface area contributed by atoms with Crippen LogP contribution in [0.4, 0.5) is 31.4 Å². The van der Waals surface area contributed by atoms with Gasteiger partial charge in [0, 0.05) is 36.6 Å². The van der Waals surface area contributed by atoms with Crippen LogP contribution < -0.4 is 45.7 Å². The molecule has 0 aliphatic carbocycles. The van der Waals surface area contributed by atoms with Crippen LogP contribution >= 0.6 is 0 Å². The molecule has 26 heteroatoms. The summed E-state index contributed by atoms with van der Waals surface area (Å²) < 4.78 is 51.8. The summed E-state index contributed by atoms with van der Waals surface area (Å²) >= 11 is 0. The third-order valence-corrected chi connectivity index (χ3v) is 15.7. The average molecular weight is 1480 g/mol. The highest BCUT2D eigenvalue weighted by molar-refractivity contribution is 6.07. The van der Waals surface area contributed by atoms with Gasteiger partial charge < -0.3 is 83.6 Å². The van der Waals surface area contributed by atoms with Crippen molar-refractivity contribution in [2.24, 2.45) is 5.92 Å². The van der Waals surface area contributed by atoms with Crippen molar-refractivity contribution >= 4 is 77.3 Å². The number of nitrogen functional groups attached to an aromatic ring is 1. The third-order valence-electron chi connectivity index (χ3n) is 15.7. The van der Waals surface area contributed by atoms with Crippen molar-refractivity contribution in [2.75, 3.05) is 57.1 Å². The van der Waals surface area contributed by atoms with E-state index in [9.17, 15) is 47.9 Å². The number of ether oxygens (including phenoxy) is 10. The minimum absolute atomic E-state index is 0.147. The predicted molar refractivity (Wildman–Crippen MR) is 404 cm³/mol. The summed E-state index contributed by atoms with van der Waals surface area (Å²) in [6.07, 6.45) is -1.23. The first-order chi connectivity index (χ1) is 50.6. The minimum atomic E-state index is -1.86. The van der Waals surface area contributed by atoms with E-state index in [1.807, 2.05) is 129 Å². The van der Waals surface area contributed by atoms with E-state index >= 15 is 0 Å². The highest BCUT2D eigenvalue weighted by Crippen LogP contribution is 2.38. The Morgan fingerprint density at radius 2 is 0.907 bits per heavy atom. The van der Waals surface area contributed by atoms with Gasteiger partial charge in [-0.05, 0) is 171 Å². The number of esters is 4. The first kappa shape index (κ1) is 88.0. The molecule has 2 saturated heterocycles.